The molecule has 0 spiro atoms. The quantitative estimate of drug-likeness (QED) is 0.775. The minimum atomic E-state index is -4.30. The number of hydrogen-bond donors (Lipinski definition) is 0. The monoisotopic (exact) mass is 249 g/mol. The molecule has 1 aromatic rings. The predicted octanol–water partition coefficient (Wildman–Crippen LogP) is 3.56. The fraction of sp³-hybridized carbons (Fsp3) is 0.455. The van der Waals surface area contributed by atoms with Crippen molar-refractivity contribution in [3.63, 3.8) is 0 Å². The second kappa shape index (κ2) is 4.26. The van der Waals surface area contributed by atoms with Crippen LogP contribution in [0, 0.1) is 0 Å². The van der Waals surface area contributed by atoms with Gasteiger partial charge in [0, 0.05) is 11.6 Å². The molecule has 1 aliphatic heterocycles. The molecule has 0 atom stereocenters. The second-order valence-corrected chi connectivity index (χ2v) is 4.34. The van der Waals surface area contributed by atoms with E-state index in [0.717, 1.165) is 31.6 Å². The van der Waals surface area contributed by atoms with Gasteiger partial charge >= 0.3 is 6.18 Å². The summed E-state index contributed by atoms with van der Waals surface area (Å²) in [7, 11) is 0. The van der Waals surface area contributed by atoms with Crippen LogP contribution < -0.4 is 0 Å². The van der Waals surface area contributed by atoms with Crippen LogP contribution >= 0.6 is 11.6 Å². The van der Waals surface area contributed by atoms with Crippen molar-refractivity contribution in [3.8, 4) is 0 Å². The molecule has 1 aromatic carbocycles. The first-order chi connectivity index (χ1) is 7.47. The van der Waals surface area contributed by atoms with Crippen molar-refractivity contribution in [1.82, 2.24) is 4.90 Å². The first-order valence-electron chi connectivity index (χ1n) is 5.05. The van der Waals surface area contributed by atoms with Gasteiger partial charge in [0.25, 0.3) is 0 Å². The average Bonchev–Trinajstić information content (AvgIpc) is 2.11. The van der Waals surface area contributed by atoms with Crippen molar-refractivity contribution >= 4 is 11.6 Å². The van der Waals surface area contributed by atoms with E-state index in [1.807, 2.05) is 0 Å². The zero-order chi connectivity index (χ0) is 11.8. The highest BCUT2D eigenvalue weighted by Gasteiger charge is 2.31. The molecule has 1 saturated heterocycles. The Kier molecular flexibility index (Phi) is 3.13. The molecule has 0 saturated carbocycles. The van der Waals surface area contributed by atoms with Crippen LogP contribution in [0.4, 0.5) is 13.2 Å². The maximum atomic E-state index is 12.5. The molecule has 1 heterocycles. The highest BCUT2D eigenvalue weighted by molar-refractivity contribution is 6.31. The van der Waals surface area contributed by atoms with Gasteiger partial charge in [0.1, 0.15) is 0 Å². The Morgan fingerprint density at radius 1 is 1.25 bits per heavy atom. The maximum absolute atomic E-state index is 12.5. The van der Waals surface area contributed by atoms with E-state index < -0.39 is 11.7 Å². The van der Waals surface area contributed by atoms with Gasteiger partial charge in [0.2, 0.25) is 0 Å². The van der Waals surface area contributed by atoms with E-state index in [4.69, 9.17) is 11.6 Å². The molecule has 88 valence electrons. The van der Waals surface area contributed by atoms with Crippen molar-refractivity contribution in [2.75, 3.05) is 13.1 Å². The minimum absolute atomic E-state index is 0.403. The van der Waals surface area contributed by atoms with Crippen LogP contribution in [0.5, 0.6) is 0 Å². The average molecular weight is 250 g/mol. The van der Waals surface area contributed by atoms with Crippen LogP contribution in [0.3, 0.4) is 0 Å². The Balaban J connectivity index is 2.21. The Bertz CT molecular complexity index is 385. The zero-order valence-electron chi connectivity index (χ0n) is 8.52. The first-order valence-corrected chi connectivity index (χ1v) is 5.42. The Morgan fingerprint density at radius 2 is 1.94 bits per heavy atom. The van der Waals surface area contributed by atoms with E-state index in [-0.39, 0.29) is 0 Å². The number of rotatable bonds is 2. The highest BCUT2D eigenvalue weighted by Crippen LogP contribution is 2.32. The number of nitrogens with zero attached hydrogens (tertiary/aromatic N) is 1. The summed E-state index contributed by atoms with van der Waals surface area (Å²) in [6.45, 7) is 2.38. The molecule has 16 heavy (non-hydrogen) atoms. The van der Waals surface area contributed by atoms with Crippen LogP contribution in [0.15, 0.2) is 18.2 Å². The molecule has 0 bridgehead atoms. The fourth-order valence-electron chi connectivity index (χ4n) is 1.65. The van der Waals surface area contributed by atoms with E-state index in [1.165, 1.54) is 6.07 Å². The molecule has 1 aliphatic rings. The third kappa shape index (κ3) is 2.50. The van der Waals surface area contributed by atoms with E-state index in [2.05, 4.69) is 4.90 Å². The van der Waals surface area contributed by atoms with Crippen LogP contribution in [0.25, 0.3) is 0 Å². The summed E-state index contributed by atoms with van der Waals surface area (Å²) < 4.78 is 37.4. The Labute approximate surface area is 96.8 Å². The predicted molar refractivity (Wildman–Crippen MR) is 56.3 cm³/mol. The lowest BCUT2D eigenvalue weighted by Crippen LogP contribution is -2.36. The Hall–Kier alpha value is -0.740. The molecule has 0 amide bonds. The molecular weight excluding hydrogens is 239 g/mol. The normalized spacial score (nSPS) is 17.2. The van der Waals surface area contributed by atoms with Gasteiger partial charge in [-0.25, -0.2) is 0 Å². The smallest absolute Gasteiger partial charge is 0.299 e. The molecule has 0 unspecified atom stereocenters. The number of hydrogen-bond acceptors (Lipinski definition) is 1. The fourth-order valence-corrected chi connectivity index (χ4v) is 1.83. The molecule has 1 nitrogen and oxygen atoms in total. The minimum Gasteiger partial charge on any atom is -0.299 e. The summed E-state index contributed by atoms with van der Waals surface area (Å²) in [6, 6.07) is 3.47. The SMILES string of the molecule is FC(F)(F)c1ccc(Cl)c(CN2CCC2)c1. The first kappa shape index (κ1) is 11.7. The van der Waals surface area contributed by atoms with E-state index in [0.29, 0.717) is 17.1 Å². The van der Waals surface area contributed by atoms with Crippen molar-refractivity contribution in [3.05, 3.63) is 34.3 Å². The Morgan fingerprint density at radius 3 is 2.44 bits per heavy atom. The molecular formula is C11H11ClF3N. The molecule has 2 rings (SSSR count). The van der Waals surface area contributed by atoms with Crippen molar-refractivity contribution in [1.29, 1.82) is 0 Å². The highest BCUT2D eigenvalue weighted by atomic mass is 35.5. The standard InChI is InChI=1S/C11H11ClF3N/c12-10-3-2-9(11(13,14)15)6-8(10)7-16-4-1-5-16/h2-3,6H,1,4-5,7H2. The van der Waals surface area contributed by atoms with Crippen LogP contribution in [-0.2, 0) is 12.7 Å². The number of likely N-dealkylation sites (tertiary alicyclic amines) is 1. The van der Waals surface area contributed by atoms with E-state index >= 15 is 0 Å². The molecule has 1 fully saturated rings. The lowest BCUT2D eigenvalue weighted by molar-refractivity contribution is -0.137. The molecule has 0 radical (unpaired) electrons. The van der Waals surface area contributed by atoms with E-state index in [9.17, 15) is 13.2 Å². The van der Waals surface area contributed by atoms with Gasteiger partial charge in [-0.3, -0.25) is 4.90 Å². The maximum Gasteiger partial charge on any atom is 0.416 e. The lowest BCUT2D eigenvalue weighted by Gasteiger charge is -2.31. The topological polar surface area (TPSA) is 3.24 Å². The lowest BCUT2D eigenvalue weighted by atomic mass is 10.1. The summed E-state index contributed by atoms with van der Waals surface area (Å²) in [5.41, 5.74) is -0.0800. The van der Waals surface area contributed by atoms with Gasteiger partial charge in [-0.1, -0.05) is 11.6 Å². The van der Waals surface area contributed by atoms with Crippen molar-refractivity contribution < 1.29 is 13.2 Å². The second-order valence-electron chi connectivity index (χ2n) is 3.93. The van der Waals surface area contributed by atoms with Crippen LogP contribution in [-0.4, -0.2) is 18.0 Å². The summed E-state index contributed by atoms with van der Waals surface area (Å²) in [5.74, 6) is 0. The summed E-state index contributed by atoms with van der Waals surface area (Å²) in [6.07, 6.45) is -3.19. The zero-order valence-corrected chi connectivity index (χ0v) is 9.28. The van der Waals surface area contributed by atoms with Crippen LogP contribution in [0.1, 0.15) is 17.5 Å². The third-order valence-electron chi connectivity index (χ3n) is 2.72. The number of halogens is 4. The molecule has 0 aliphatic carbocycles. The molecule has 0 N–H and O–H groups in total. The number of benzene rings is 1. The van der Waals surface area contributed by atoms with Crippen LogP contribution in [0.2, 0.25) is 5.02 Å². The van der Waals surface area contributed by atoms with Gasteiger partial charge in [0.05, 0.1) is 5.56 Å². The van der Waals surface area contributed by atoms with Gasteiger partial charge in [0.15, 0.2) is 0 Å². The molecule has 0 aromatic heterocycles. The summed E-state index contributed by atoms with van der Waals surface area (Å²) in [4.78, 5) is 2.07. The van der Waals surface area contributed by atoms with Gasteiger partial charge in [-0.05, 0) is 43.3 Å². The van der Waals surface area contributed by atoms with E-state index in [1.54, 1.807) is 0 Å². The largest absolute Gasteiger partial charge is 0.416 e. The number of alkyl halides is 3. The van der Waals surface area contributed by atoms with Crippen molar-refractivity contribution in [2.24, 2.45) is 0 Å². The summed E-state index contributed by atoms with van der Waals surface area (Å²) in [5, 5.41) is 0.403. The molecule has 5 heteroatoms. The summed E-state index contributed by atoms with van der Waals surface area (Å²) >= 11 is 5.88. The van der Waals surface area contributed by atoms with Gasteiger partial charge in [-0.2, -0.15) is 13.2 Å². The van der Waals surface area contributed by atoms with Crippen molar-refractivity contribution in [2.45, 2.75) is 19.1 Å². The van der Waals surface area contributed by atoms with Gasteiger partial charge in [-0.15, -0.1) is 0 Å². The van der Waals surface area contributed by atoms with Gasteiger partial charge < -0.3 is 0 Å². The third-order valence-corrected chi connectivity index (χ3v) is 3.08.